The van der Waals surface area contributed by atoms with E-state index < -0.39 is 18.3 Å². The maximum atomic E-state index is 12.7. The van der Waals surface area contributed by atoms with Crippen LogP contribution in [-0.4, -0.2) is 36.2 Å². The van der Waals surface area contributed by atoms with E-state index in [-0.39, 0.29) is 6.04 Å². The topological polar surface area (TPSA) is 29.3 Å². The van der Waals surface area contributed by atoms with Gasteiger partial charge in [-0.1, -0.05) is 6.92 Å². The molecule has 0 aromatic rings. The number of hydrogen-bond donors (Lipinski definition) is 1. The summed E-state index contributed by atoms with van der Waals surface area (Å²) in [7, 11) is 1.52. The summed E-state index contributed by atoms with van der Waals surface area (Å²) in [6, 6.07) is -2.22. The Labute approximate surface area is 82.2 Å². The lowest BCUT2D eigenvalue weighted by Gasteiger charge is -2.33. The Morgan fingerprint density at radius 2 is 1.93 bits per heavy atom. The lowest BCUT2D eigenvalue weighted by molar-refractivity contribution is -0.187. The van der Waals surface area contributed by atoms with Crippen LogP contribution in [0, 0.1) is 0 Å². The van der Waals surface area contributed by atoms with Crippen LogP contribution in [0.3, 0.4) is 0 Å². The Morgan fingerprint density at radius 1 is 1.43 bits per heavy atom. The fourth-order valence-electron chi connectivity index (χ4n) is 1.71. The molecule has 0 heterocycles. The molecule has 0 radical (unpaired) electrons. The maximum Gasteiger partial charge on any atom is 0.405 e. The highest BCUT2D eigenvalue weighted by Gasteiger charge is 2.48. The number of likely N-dealkylation sites (N-methyl/N-ethyl adjacent to an activating group) is 1. The Balaban J connectivity index is 2.69. The SMILES string of the molecule is CCC(N)C(N(C)C1CC1)C(F)(F)F. The van der Waals surface area contributed by atoms with Crippen LogP contribution in [0.15, 0.2) is 0 Å². The van der Waals surface area contributed by atoms with Gasteiger partial charge in [0, 0.05) is 12.1 Å². The van der Waals surface area contributed by atoms with Crippen molar-refractivity contribution in [2.45, 2.75) is 50.5 Å². The monoisotopic (exact) mass is 210 g/mol. The van der Waals surface area contributed by atoms with E-state index in [1.54, 1.807) is 6.92 Å². The molecule has 1 aliphatic rings. The Kier molecular flexibility index (Phi) is 3.42. The lowest BCUT2D eigenvalue weighted by Crippen LogP contribution is -2.55. The predicted octanol–water partition coefficient (Wildman–Crippen LogP) is 1.75. The van der Waals surface area contributed by atoms with Gasteiger partial charge in [-0.15, -0.1) is 0 Å². The van der Waals surface area contributed by atoms with E-state index in [0.29, 0.717) is 6.42 Å². The van der Waals surface area contributed by atoms with Gasteiger partial charge in [-0.05, 0) is 26.3 Å². The first-order valence-electron chi connectivity index (χ1n) is 4.92. The van der Waals surface area contributed by atoms with Crippen LogP contribution in [0.1, 0.15) is 26.2 Å². The van der Waals surface area contributed by atoms with Crippen molar-refractivity contribution in [3.8, 4) is 0 Å². The molecular formula is C9H17F3N2. The fourth-order valence-corrected chi connectivity index (χ4v) is 1.71. The summed E-state index contributed by atoms with van der Waals surface area (Å²) in [5.41, 5.74) is 5.51. The Morgan fingerprint density at radius 3 is 2.21 bits per heavy atom. The van der Waals surface area contributed by atoms with E-state index in [4.69, 9.17) is 5.73 Å². The van der Waals surface area contributed by atoms with Gasteiger partial charge in [0.05, 0.1) is 0 Å². The molecule has 2 atom stereocenters. The first kappa shape index (κ1) is 11.8. The van der Waals surface area contributed by atoms with E-state index >= 15 is 0 Å². The average Bonchev–Trinajstić information content (AvgIpc) is 2.83. The van der Waals surface area contributed by atoms with Crippen LogP contribution < -0.4 is 5.73 Å². The van der Waals surface area contributed by atoms with Gasteiger partial charge in [0.2, 0.25) is 0 Å². The van der Waals surface area contributed by atoms with Crippen LogP contribution in [-0.2, 0) is 0 Å². The van der Waals surface area contributed by atoms with Crippen molar-refractivity contribution < 1.29 is 13.2 Å². The first-order chi connectivity index (χ1) is 6.38. The normalized spacial score (nSPS) is 22.5. The molecule has 1 fully saturated rings. The first-order valence-corrected chi connectivity index (χ1v) is 4.92. The van der Waals surface area contributed by atoms with Gasteiger partial charge in [-0.3, -0.25) is 4.90 Å². The molecule has 0 aromatic heterocycles. The van der Waals surface area contributed by atoms with Gasteiger partial charge in [0.15, 0.2) is 0 Å². The largest absolute Gasteiger partial charge is 0.405 e. The summed E-state index contributed by atoms with van der Waals surface area (Å²) >= 11 is 0. The van der Waals surface area contributed by atoms with Crippen molar-refractivity contribution >= 4 is 0 Å². The molecule has 2 nitrogen and oxygen atoms in total. The molecule has 5 heteroatoms. The minimum absolute atomic E-state index is 0.0826. The van der Waals surface area contributed by atoms with E-state index in [1.807, 2.05) is 0 Å². The minimum atomic E-state index is -4.22. The van der Waals surface area contributed by atoms with Gasteiger partial charge in [0.1, 0.15) is 6.04 Å². The zero-order valence-electron chi connectivity index (χ0n) is 8.51. The molecule has 0 saturated heterocycles. The lowest BCUT2D eigenvalue weighted by atomic mass is 10.0. The summed E-state index contributed by atoms with van der Waals surface area (Å²) in [6.45, 7) is 1.68. The molecule has 0 amide bonds. The summed E-state index contributed by atoms with van der Waals surface area (Å²) in [6.07, 6.45) is -2.15. The molecule has 84 valence electrons. The average molecular weight is 210 g/mol. The van der Waals surface area contributed by atoms with Gasteiger partial charge in [-0.2, -0.15) is 13.2 Å². The van der Waals surface area contributed by atoms with E-state index in [1.165, 1.54) is 11.9 Å². The van der Waals surface area contributed by atoms with Crippen molar-refractivity contribution in [3.05, 3.63) is 0 Å². The minimum Gasteiger partial charge on any atom is -0.326 e. The van der Waals surface area contributed by atoms with Crippen molar-refractivity contribution in [3.63, 3.8) is 0 Å². The molecule has 1 saturated carbocycles. The third-order valence-corrected chi connectivity index (χ3v) is 2.77. The molecule has 0 spiro atoms. The Bertz CT molecular complexity index is 189. The second kappa shape index (κ2) is 4.06. The van der Waals surface area contributed by atoms with E-state index in [0.717, 1.165) is 12.8 Å². The van der Waals surface area contributed by atoms with Crippen molar-refractivity contribution in [2.24, 2.45) is 5.73 Å². The van der Waals surface area contributed by atoms with Gasteiger partial charge < -0.3 is 5.73 Å². The number of halogens is 3. The van der Waals surface area contributed by atoms with Crippen LogP contribution in [0.25, 0.3) is 0 Å². The van der Waals surface area contributed by atoms with Crippen LogP contribution >= 0.6 is 0 Å². The third-order valence-electron chi connectivity index (χ3n) is 2.77. The highest BCUT2D eigenvalue weighted by atomic mass is 19.4. The molecule has 2 N–H and O–H groups in total. The number of hydrogen-bond acceptors (Lipinski definition) is 2. The highest BCUT2D eigenvalue weighted by molar-refractivity contribution is 4.93. The third kappa shape index (κ3) is 2.60. The number of rotatable bonds is 4. The number of nitrogens with zero attached hydrogens (tertiary/aromatic N) is 1. The molecule has 0 aliphatic heterocycles. The fraction of sp³-hybridized carbons (Fsp3) is 1.00. The van der Waals surface area contributed by atoms with Gasteiger partial charge in [0.25, 0.3) is 0 Å². The second-order valence-electron chi connectivity index (χ2n) is 3.96. The van der Waals surface area contributed by atoms with Crippen molar-refractivity contribution in [2.75, 3.05) is 7.05 Å². The smallest absolute Gasteiger partial charge is 0.326 e. The van der Waals surface area contributed by atoms with Crippen molar-refractivity contribution in [1.82, 2.24) is 4.90 Å². The zero-order valence-corrected chi connectivity index (χ0v) is 8.51. The summed E-state index contributed by atoms with van der Waals surface area (Å²) < 4.78 is 38.0. The molecule has 0 bridgehead atoms. The predicted molar refractivity (Wildman–Crippen MR) is 48.9 cm³/mol. The maximum absolute atomic E-state index is 12.7. The summed E-state index contributed by atoms with van der Waals surface area (Å²) in [5.74, 6) is 0. The van der Waals surface area contributed by atoms with Gasteiger partial charge in [-0.25, -0.2) is 0 Å². The molecule has 2 unspecified atom stereocenters. The molecule has 1 aliphatic carbocycles. The number of nitrogens with two attached hydrogens (primary N) is 1. The number of alkyl halides is 3. The second-order valence-corrected chi connectivity index (χ2v) is 3.96. The van der Waals surface area contributed by atoms with E-state index in [2.05, 4.69) is 0 Å². The van der Waals surface area contributed by atoms with Crippen molar-refractivity contribution in [1.29, 1.82) is 0 Å². The molecule has 1 rings (SSSR count). The van der Waals surface area contributed by atoms with Crippen LogP contribution in [0.2, 0.25) is 0 Å². The standard InChI is InChI=1S/C9H17F3N2/c1-3-7(13)8(9(10,11)12)14(2)6-4-5-6/h6-8H,3-5,13H2,1-2H3. The quantitative estimate of drug-likeness (QED) is 0.766. The summed E-state index contributed by atoms with van der Waals surface area (Å²) in [5, 5.41) is 0. The van der Waals surface area contributed by atoms with E-state index in [9.17, 15) is 13.2 Å². The molecule has 0 aromatic carbocycles. The summed E-state index contributed by atoms with van der Waals surface area (Å²) in [4.78, 5) is 1.38. The zero-order chi connectivity index (χ0) is 10.9. The van der Waals surface area contributed by atoms with Crippen LogP contribution in [0.5, 0.6) is 0 Å². The molecular weight excluding hydrogens is 193 g/mol. The Hall–Kier alpha value is -0.290. The van der Waals surface area contributed by atoms with Gasteiger partial charge >= 0.3 is 6.18 Å². The highest BCUT2D eigenvalue weighted by Crippen LogP contribution is 2.34. The van der Waals surface area contributed by atoms with Crippen LogP contribution in [0.4, 0.5) is 13.2 Å². The molecule has 14 heavy (non-hydrogen) atoms.